The Morgan fingerprint density at radius 1 is 1.23 bits per heavy atom. The highest BCUT2D eigenvalue weighted by molar-refractivity contribution is 9.10. The highest BCUT2D eigenvalue weighted by Crippen LogP contribution is 2.41. The number of nitrogens with two attached hydrogens (primary N) is 1. The number of aromatic nitrogens is 1. The van der Waals surface area contributed by atoms with Crippen LogP contribution in [0.5, 0.6) is 0 Å². The van der Waals surface area contributed by atoms with Crippen LogP contribution in [0.1, 0.15) is 18.4 Å². The Labute approximate surface area is 151 Å². The molecular weight excluding hydrogens is 403 g/mol. The van der Waals surface area contributed by atoms with Crippen LogP contribution in [-0.4, -0.2) is 11.5 Å². The van der Waals surface area contributed by atoms with Gasteiger partial charge in [-0.25, -0.2) is 0 Å². The smallest absolute Gasteiger partial charge is 0.0662 e. The van der Waals surface area contributed by atoms with Gasteiger partial charge in [-0.3, -0.25) is 0 Å². The highest BCUT2D eigenvalue weighted by Gasteiger charge is 2.18. The molecule has 116 valence electrons. The minimum atomic E-state index is 0.654. The van der Waals surface area contributed by atoms with Crippen LogP contribution in [0.15, 0.2) is 28.1 Å². The molecule has 0 aliphatic carbocycles. The third-order valence-corrected chi connectivity index (χ3v) is 6.03. The maximum Gasteiger partial charge on any atom is 0.0662 e. The van der Waals surface area contributed by atoms with Gasteiger partial charge in [-0.05, 0) is 70.9 Å². The van der Waals surface area contributed by atoms with Crippen LogP contribution in [0.4, 0.5) is 0 Å². The third-order valence-electron chi connectivity index (χ3n) is 3.66. The Bertz CT molecular complexity index is 810. The van der Waals surface area contributed by atoms with Gasteiger partial charge in [-0.2, -0.15) is 0 Å². The van der Waals surface area contributed by atoms with Crippen LogP contribution in [-0.2, 0) is 6.42 Å². The van der Waals surface area contributed by atoms with Crippen LogP contribution in [0, 0.1) is 0 Å². The molecule has 3 aromatic rings. The van der Waals surface area contributed by atoms with Crippen LogP contribution < -0.4 is 5.73 Å². The van der Waals surface area contributed by atoms with E-state index in [9.17, 15) is 0 Å². The van der Waals surface area contributed by atoms with Gasteiger partial charge >= 0.3 is 0 Å². The first-order valence-corrected chi connectivity index (χ1v) is 9.47. The largest absolute Gasteiger partial charge is 0.352 e. The van der Waals surface area contributed by atoms with Gasteiger partial charge in [0.2, 0.25) is 0 Å². The molecule has 0 saturated heterocycles. The molecule has 22 heavy (non-hydrogen) atoms. The number of hydrogen-bond acceptors (Lipinski definition) is 2. The molecule has 3 N–H and O–H groups in total. The summed E-state index contributed by atoms with van der Waals surface area (Å²) in [5.74, 6) is 0. The lowest BCUT2D eigenvalue weighted by molar-refractivity contribution is 0.748. The Morgan fingerprint density at radius 2 is 2.05 bits per heavy atom. The number of H-pyrrole nitrogens is 1. The molecular formula is C16H15BrCl2N2S. The number of unbranched alkanes of at least 4 members (excludes halogenated alkanes) is 1. The van der Waals surface area contributed by atoms with Crippen LogP contribution in [0.3, 0.4) is 0 Å². The minimum absolute atomic E-state index is 0.654. The molecule has 0 spiro atoms. The first-order valence-electron chi connectivity index (χ1n) is 7.05. The molecule has 0 atom stereocenters. The average molecular weight is 418 g/mol. The molecule has 6 heteroatoms. The Balaban J connectivity index is 2.19. The number of rotatable bonds is 5. The summed E-state index contributed by atoms with van der Waals surface area (Å²) in [4.78, 5) is 4.67. The molecule has 1 aromatic carbocycles. The first-order chi connectivity index (χ1) is 10.6. The fourth-order valence-electron chi connectivity index (χ4n) is 2.65. The zero-order valence-corrected chi connectivity index (χ0v) is 15.7. The summed E-state index contributed by atoms with van der Waals surface area (Å²) in [5, 5.41) is 4.49. The topological polar surface area (TPSA) is 41.8 Å². The summed E-state index contributed by atoms with van der Waals surface area (Å²) in [6.45, 7) is 0.710. The number of thiophene rings is 1. The maximum absolute atomic E-state index is 6.37. The number of aromatic amines is 1. The zero-order chi connectivity index (χ0) is 15.7. The quantitative estimate of drug-likeness (QED) is 0.473. The lowest BCUT2D eigenvalue weighted by Crippen LogP contribution is -1.99. The second-order valence-electron chi connectivity index (χ2n) is 5.13. The van der Waals surface area contributed by atoms with Gasteiger partial charge in [0, 0.05) is 14.9 Å². The summed E-state index contributed by atoms with van der Waals surface area (Å²) >= 11 is 17.9. The van der Waals surface area contributed by atoms with Gasteiger partial charge < -0.3 is 10.7 Å². The van der Waals surface area contributed by atoms with E-state index in [1.165, 1.54) is 10.4 Å². The van der Waals surface area contributed by atoms with Crippen molar-refractivity contribution in [2.75, 3.05) is 6.54 Å². The van der Waals surface area contributed by atoms with Gasteiger partial charge in [0.05, 0.1) is 21.1 Å². The predicted molar refractivity (Wildman–Crippen MR) is 101 cm³/mol. The van der Waals surface area contributed by atoms with Gasteiger partial charge in [0.15, 0.2) is 0 Å². The van der Waals surface area contributed by atoms with Gasteiger partial charge in [-0.1, -0.05) is 23.2 Å². The molecule has 0 saturated carbocycles. The van der Waals surface area contributed by atoms with Crippen molar-refractivity contribution in [1.82, 2.24) is 4.98 Å². The number of aryl methyl sites for hydroxylation is 1. The molecule has 0 bridgehead atoms. The second-order valence-corrected chi connectivity index (χ2v) is 7.75. The van der Waals surface area contributed by atoms with Crippen LogP contribution in [0.25, 0.3) is 21.5 Å². The Kier molecular flexibility index (Phi) is 5.15. The van der Waals surface area contributed by atoms with E-state index in [0.717, 1.165) is 40.3 Å². The SMILES string of the molecule is NCCCCc1c(-c2sccc2Br)[nH]c2c(Cl)cc(Cl)cc12. The van der Waals surface area contributed by atoms with Crippen molar-refractivity contribution < 1.29 is 0 Å². The van der Waals surface area contributed by atoms with E-state index in [0.29, 0.717) is 16.6 Å². The standard InChI is InChI=1S/C16H15BrCl2N2S/c17-12-4-6-22-16(12)15-10(3-1-2-5-20)11-7-9(18)8-13(19)14(11)21-15/h4,6-8,21H,1-3,5,20H2. The van der Waals surface area contributed by atoms with Crippen molar-refractivity contribution in [1.29, 1.82) is 0 Å². The van der Waals surface area contributed by atoms with Crippen molar-refractivity contribution >= 4 is 61.4 Å². The number of fused-ring (bicyclic) bond motifs is 1. The fourth-order valence-corrected chi connectivity index (χ4v) is 4.78. The lowest BCUT2D eigenvalue weighted by Gasteiger charge is -2.04. The predicted octanol–water partition coefficient (Wildman–Crippen LogP) is 6.25. The molecule has 3 rings (SSSR count). The summed E-state index contributed by atoms with van der Waals surface area (Å²) < 4.78 is 1.09. The molecule has 0 aliphatic heterocycles. The zero-order valence-electron chi connectivity index (χ0n) is 11.8. The second kappa shape index (κ2) is 6.93. The van der Waals surface area contributed by atoms with Crippen LogP contribution in [0.2, 0.25) is 10.0 Å². The Morgan fingerprint density at radius 3 is 2.73 bits per heavy atom. The monoisotopic (exact) mass is 416 g/mol. The highest BCUT2D eigenvalue weighted by atomic mass is 79.9. The van der Waals surface area contributed by atoms with Gasteiger partial charge in [-0.15, -0.1) is 11.3 Å². The number of hydrogen-bond donors (Lipinski definition) is 2. The fraction of sp³-hybridized carbons (Fsp3) is 0.250. The van der Waals surface area contributed by atoms with Crippen molar-refractivity contribution in [3.63, 3.8) is 0 Å². The van der Waals surface area contributed by atoms with E-state index in [2.05, 4.69) is 32.4 Å². The van der Waals surface area contributed by atoms with Crippen LogP contribution >= 0.6 is 50.5 Å². The van der Waals surface area contributed by atoms with Gasteiger partial charge in [0.25, 0.3) is 0 Å². The van der Waals surface area contributed by atoms with E-state index in [-0.39, 0.29) is 0 Å². The van der Waals surface area contributed by atoms with Crippen molar-refractivity contribution in [2.45, 2.75) is 19.3 Å². The number of benzene rings is 1. The minimum Gasteiger partial charge on any atom is -0.352 e. The normalized spacial score (nSPS) is 11.5. The lowest BCUT2D eigenvalue weighted by atomic mass is 10.0. The molecule has 2 aromatic heterocycles. The average Bonchev–Trinajstić information content (AvgIpc) is 3.03. The summed E-state index contributed by atoms with van der Waals surface area (Å²) in [5.41, 5.74) is 8.96. The van der Waals surface area contributed by atoms with Crippen molar-refractivity contribution in [3.05, 3.63) is 43.7 Å². The summed E-state index contributed by atoms with van der Waals surface area (Å²) in [6, 6.07) is 5.82. The molecule has 0 radical (unpaired) electrons. The Hall–Kier alpha value is -0.520. The van der Waals surface area contributed by atoms with Crippen molar-refractivity contribution in [3.8, 4) is 10.6 Å². The molecule has 2 nitrogen and oxygen atoms in total. The molecule has 2 heterocycles. The summed E-state index contributed by atoms with van der Waals surface area (Å²) in [6.07, 6.45) is 3.00. The van der Waals surface area contributed by atoms with E-state index in [4.69, 9.17) is 28.9 Å². The summed E-state index contributed by atoms with van der Waals surface area (Å²) in [7, 11) is 0. The van der Waals surface area contributed by atoms with Gasteiger partial charge in [0.1, 0.15) is 0 Å². The molecule has 0 aliphatic rings. The van der Waals surface area contributed by atoms with E-state index in [1.54, 1.807) is 17.4 Å². The number of halogens is 3. The first kappa shape index (κ1) is 16.3. The van der Waals surface area contributed by atoms with E-state index >= 15 is 0 Å². The molecule has 0 fully saturated rings. The van der Waals surface area contributed by atoms with Crippen molar-refractivity contribution in [2.24, 2.45) is 5.73 Å². The van der Waals surface area contributed by atoms with E-state index < -0.39 is 0 Å². The number of nitrogens with one attached hydrogen (secondary N) is 1. The maximum atomic E-state index is 6.37. The molecule has 0 unspecified atom stereocenters. The van der Waals surface area contributed by atoms with E-state index in [1.807, 2.05) is 6.07 Å². The molecule has 0 amide bonds. The third kappa shape index (κ3) is 3.08.